The molecule has 3 rings (SSSR count). The molecule has 1 atom stereocenters. The van der Waals surface area contributed by atoms with Crippen LogP contribution in [-0.2, 0) is 17.0 Å². The van der Waals surface area contributed by atoms with Crippen molar-refractivity contribution in [1.82, 2.24) is 14.8 Å². The maximum absolute atomic E-state index is 13.2. The van der Waals surface area contributed by atoms with Crippen molar-refractivity contribution in [3.05, 3.63) is 40.4 Å². The van der Waals surface area contributed by atoms with E-state index in [0.717, 1.165) is 42.5 Å². The molecule has 0 radical (unpaired) electrons. The zero-order valence-corrected chi connectivity index (χ0v) is 15.4. The molecule has 130 valence electrons. The Morgan fingerprint density at radius 1 is 1.42 bits per heavy atom. The smallest absolute Gasteiger partial charge is 0.191 e. The van der Waals surface area contributed by atoms with Crippen LogP contribution in [0.15, 0.2) is 23.4 Å². The van der Waals surface area contributed by atoms with Crippen LogP contribution in [0.3, 0.4) is 0 Å². The Hall–Kier alpha value is -1.11. The van der Waals surface area contributed by atoms with Crippen molar-refractivity contribution in [3.63, 3.8) is 0 Å². The van der Waals surface area contributed by atoms with Gasteiger partial charge in [-0.1, -0.05) is 43.3 Å². The number of benzene rings is 1. The van der Waals surface area contributed by atoms with E-state index in [1.807, 2.05) is 0 Å². The van der Waals surface area contributed by atoms with Crippen molar-refractivity contribution in [3.8, 4) is 0 Å². The molecule has 24 heavy (non-hydrogen) atoms. The normalized spacial score (nSPS) is 17.8. The number of hydrogen-bond acceptors (Lipinski definition) is 4. The molecule has 0 N–H and O–H groups in total. The molecule has 0 saturated carbocycles. The van der Waals surface area contributed by atoms with Crippen LogP contribution in [0.2, 0.25) is 5.02 Å². The number of aromatic nitrogens is 3. The number of ether oxygens (including phenoxy) is 1. The summed E-state index contributed by atoms with van der Waals surface area (Å²) in [5.41, 5.74) is 0.890. The third-order valence-corrected chi connectivity index (χ3v) is 5.41. The first-order valence-electron chi connectivity index (χ1n) is 8.16. The highest BCUT2D eigenvalue weighted by molar-refractivity contribution is 7.98. The van der Waals surface area contributed by atoms with E-state index in [9.17, 15) is 4.39 Å². The number of halogens is 2. The van der Waals surface area contributed by atoms with E-state index >= 15 is 0 Å². The molecule has 0 spiro atoms. The Bertz CT molecular complexity index is 701. The fourth-order valence-electron chi connectivity index (χ4n) is 2.78. The van der Waals surface area contributed by atoms with Crippen molar-refractivity contribution in [1.29, 1.82) is 0 Å². The number of rotatable bonds is 6. The summed E-state index contributed by atoms with van der Waals surface area (Å²) in [6, 6.07) is 4.49. The van der Waals surface area contributed by atoms with Gasteiger partial charge in [0.25, 0.3) is 0 Å². The zero-order chi connectivity index (χ0) is 17.1. The van der Waals surface area contributed by atoms with Gasteiger partial charge in [0.05, 0.1) is 12.6 Å². The van der Waals surface area contributed by atoms with Crippen LogP contribution in [0.25, 0.3) is 0 Å². The summed E-state index contributed by atoms with van der Waals surface area (Å²) in [7, 11) is 0. The molecular formula is C17H21ClFN3OS. The minimum absolute atomic E-state index is 0.229. The van der Waals surface area contributed by atoms with Crippen molar-refractivity contribution in [2.45, 2.75) is 56.2 Å². The van der Waals surface area contributed by atoms with Gasteiger partial charge in [-0.25, -0.2) is 4.39 Å². The van der Waals surface area contributed by atoms with E-state index in [1.54, 1.807) is 17.8 Å². The highest BCUT2D eigenvalue weighted by Gasteiger charge is 2.22. The van der Waals surface area contributed by atoms with Crippen LogP contribution in [-0.4, -0.2) is 27.5 Å². The SMILES string of the molecule is CC(C)c1nnc(SCc2ccc(F)cc2Cl)n1CC1CCCO1. The number of hydrogen-bond donors (Lipinski definition) is 0. The molecule has 0 bridgehead atoms. The van der Waals surface area contributed by atoms with Gasteiger partial charge in [-0.2, -0.15) is 0 Å². The van der Waals surface area contributed by atoms with Gasteiger partial charge in [0.2, 0.25) is 0 Å². The lowest BCUT2D eigenvalue weighted by Crippen LogP contribution is -2.18. The molecule has 1 fully saturated rings. The van der Waals surface area contributed by atoms with E-state index in [-0.39, 0.29) is 11.9 Å². The van der Waals surface area contributed by atoms with Gasteiger partial charge in [0.1, 0.15) is 11.6 Å². The minimum Gasteiger partial charge on any atom is -0.376 e. The molecule has 1 aromatic carbocycles. The first kappa shape index (κ1) is 17.7. The van der Waals surface area contributed by atoms with Crippen LogP contribution in [0.5, 0.6) is 0 Å². The van der Waals surface area contributed by atoms with Gasteiger partial charge in [0, 0.05) is 23.3 Å². The molecule has 4 nitrogen and oxygen atoms in total. The molecule has 1 saturated heterocycles. The highest BCUT2D eigenvalue weighted by Crippen LogP contribution is 2.29. The number of thioether (sulfide) groups is 1. The third kappa shape index (κ3) is 4.10. The Morgan fingerprint density at radius 3 is 2.92 bits per heavy atom. The lowest BCUT2D eigenvalue weighted by molar-refractivity contribution is 0.0940. The van der Waals surface area contributed by atoms with Gasteiger partial charge in [-0.05, 0) is 30.5 Å². The fourth-order valence-corrected chi connectivity index (χ4v) is 4.05. The molecule has 0 amide bonds. The third-order valence-electron chi connectivity index (χ3n) is 4.04. The van der Waals surface area contributed by atoms with Crippen LogP contribution < -0.4 is 0 Å². The van der Waals surface area contributed by atoms with Crippen LogP contribution in [0, 0.1) is 5.82 Å². The lowest BCUT2D eigenvalue weighted by Gasteiger charge is -2.16. The second kappa shape index (κ2) is 7.85. The van der Waals surface area contributed by atoms with Gasteiger partial charge in [0.15, 0.2) is 5.16 Å². The Kier molecular flexibility index (Phi) is 5.79. The first-order chi connectivity index (χ1) is 11.5. The van der Waals surface area contributed by atoms with Crippen LogP contribution in [0.4, 0.5) is 4.39 Å². The average Bonchev–Trinajstić information content (AvgIpc) is 3.17. The summed E-state index contributed by atoms with van der Waals surface area (Å²) in [6.45, 7) is 5.83. The second-order valence-corrected chi connectivity index (χ2v) is 7.62. The Balaban J connectivity index is 1.76. The standard InChI is InChI=1S/C17H21ClFN3OS/c1-11(2)16-20-21-17(22(16)9-14-4-3-7-23-14)24-10-12-5-6-13(19)8-15(12)18/h5-6,8,11,14H,3-4,7,9-10H2,1-2H3. The minimum atomic E-state index is -0.322. The van der Waals surface area contributed by atoms with Crippen molar-refractivity contribution < 1.29 is 9.13 Å². The van der Waals surface area contributed by atoms with Gasteiger partial charge in [-0.3, -0.25) is 0 Å². The highest BCUT2D eigenvalue weighted by atomic mass is 35.5. The molecule has 0 aliphatic carbocycles. The molecule has 1 unspecified atom stereocenters. The molecule has 1 aliphatic rings. The van der Waals surface area contributed by atoms with Gasteiger partial charge in [-0.15, -0.1) is 10.2 Å². The molecule has 7 heteroatoms. The Labute approximate surface area is 150 Å². The van der Waals surface area contributed by atoms with Gasteiger partial charge < -0.3 is 9.30 Å². The summed E-state index contributed by atoms with van der Waals surface area (Å²) in [5, 5.41) is 9.99. The van der Waals surface area contributed by atoms with E-state index in [2.05, 4.69) is 28.6 Å². The van der Waals surface area contributed by atoms with E-state index < -0.39 is 0 Å². The van der Waals surface area contributed by atoms with E-state index in [4.69, 9.17) is 16.3 Å². The summed E-state index contributed by atoms with van der Waals surface area (Å²) >= 11 is 7.68. The summed E-state index contributed by atoms with van der Waals surface area (Å²) in [4.78, 5) is 0. The zero-order valence-electron chi connectivity index (χ0n) is 13.8. The summed E-state index contributed by atoms with van der Waals surface area (Å²) in [5.74, 6) is 1.57. The van der Waals surface area contributed by atoms with Crippen molar-refractivity contribution in [2.75, 3.05) is 6.61 Å². The predicted octanol–water partition coefficient (Wildman–Crippen LogP) is 4.67. The van der Waals surface area contributed by atoms with E-state index in [1.165, 1.54) is 12.1 Å². The molecule has 1 aromatic heterocycles. The molecule has 1 aliphatic heterocycles. The second-order valence-electron chi connectivity index (χ2n) is 6.27. The largest absolute Gasteiger partial charge is 0.376 e. The quantitative estimate of drug-likeness (QED) is 0.694. The molecule has 2 heterocycles. The van der Waals surface area contributed by atoms with E-state index in [0.29, 0.717) is 16.7 Å². The number of nitrogens with zero attached hydrogens (tertiary/aromatic N) is 3. The lowest BCUT2D eigenvalue weighted by atomic mass is 10.2. The summed E-state index contributed by atoms with van der Waals surface area (Å²) < 4.78 is 21.1. The topological polar surface area (TPSA) is 39.9 Å². The van der Waals surface area contributed by atoms with Crippen LogP contribution in [0.1, 0.15) is 44.0 Å². The Morgan fingerprint density at radius 2 is 2.25 bits per heavy atom. The summed E-state index contributed by atoms with van der Waals surface area (Å²) in [6.07, 6.45) is 2.41. The van der Waals surface area contributed by atoms with Crippen LogP contribution >= 0.6 is 23.4 Å². The predicted molar refractivity (Wildman–Crippen MR) is 94.1 cm³/mol. The van der Waals surface area contributed by atoms with Crippen molar-refractivity contribution in [2.24, 2.45) is 0 Å². The first-order valence-corrected chi connectivity index (χ1v) is 9.52. The van der Waals surface area contributed by atoms with Crippen molar-refractivity contribution >= 4 is 23.4 Å². The molecular weight excluding hydrogens is 349 g/mol. The maximum atomic E-state index is 13.2. The van der Waals surface area contributed by atoms with Gasteiger partial charge >= 0.3 is 0 Å². The average molecular weight is 370 g/mol. The maximum Gasteiger partial charge on any atom is 0.191 e. The monoisotopic (exact) mass is 369 g/mol. The molecule has 2 aromatic rings. The fraction of sp³-hybridized carbons (Fsp3) is 0.529.